The van der Waals surface area contributed by atoms with Gasteiger partial charge in [0.15, 0.2) is 5.78 Å². The molecule has 0 unspecified atom stereocenters. The number of carbonyl (C=O) groups is 1. The third-order valence-corrected chi connectivity index (χ3v) is 10.3. The molecule has 3 aliphatic rings. The molecule has 0 fully saturated rings. The fourth-order valence-electron chi connectivity index (χ4n) is 7.69. The first kappa shape index (κ1) is 26.2. The number of nitrogens with zero attached hydrogens (tertiary/aromatic N) is 1. The second kappa shape index (κ2) is 9.03. The molecule has 2 aliphatic heterocycles. The zero-order valence-electron chi connectivity index (χ0n) is 25.2. The first-order valence-electron chi connectivity index (χ1n) is 15.4. The summed E-state index contributed by atoms with van der Waals surface area (Å²) >= 11 is 0. The molecule has 4 heteroatoms. The van der Waals surface area contributed by atoms with Crippen molar-refractivity contribution in [2.24, 2.45) is 0 Å². The van der Waals surface area contributed by atoms with Crippen LogP contribution in [0.2, 0.25) is 0 Å². The summed E-state index contributed by atoms with van der Waals surface area (Å²) in [4.78, 5) is 29.4. The molecule has 0 atom stereocenters. The Morgan fingerprint density at radius 3 is 2.28 bits per heavy atom. The van der Waals surface area contributed by atoms with Gasteiger partial charge in [-0.25, -0.2) is 4.79 Å². The van der Waals surface area contributed by atoms with Crippen LogP contribution in [0, 0.1) is 0 Å². The maximum Gasteiger partial charge on any atom is 0.344 e. The molecule has 0 amide bonds. The van der Waals surface area contributed by atoms with E-state index >= 15 is 0 Å². The highest BCUT2D eigenvalue weighted by atomic mass is 16.4. The van der Waals surface area contributed by atoms with Gasteiger partial charge < -0.3 is 9.32 Å². The molecular formula is C39H35NO3. The summed E-state index contributed by atoms with van der Waals surface area (Å²) in [5, 5.41) is 3.06. The first-order chi connectivity index (χ1) is 20.6. The molecule has 1 aromatic heterocycles. The minimum Gasteiger partial charge on any atom is -0.422 e. The van der Waals surface area contributed by atoms with Gasteiger partial charge in [0.05, 0.1) is 5.56 Å². The number of anilines is 1. The minimum absolute atomic E-state index is 0.0267. The van der Waals surface area contributed by atoms with Crippen molar-refractivity contribution in [3.05, 3.63) is 111 Å². The maximum atomic E-state index is 13.8. The van der Waals surface area contributed by atoms with Gasteiger partial charge in [-0.3, -0.25) is 4.79 Å². The molecular weight excluding hydrogens is 530 g/mol. The minimum atomic E-state index is -0.365. The molecule has 8 rings (SSSR count). The Morgan fingerprint density at radius 2 is 1.49 bits per heavy atom. The van der Waals surface area contributed by atoms with Crippen LogP contribution in [0.4, 0.5) is 5.69 Å². The second-order valence-electron chi connectivity index (χ2n) is 13.9. The molecule has 0 saturated heterocycles. The lowest BCUT2D eigenvalue weighted by molar-refractivity contribution is -0.113. The van der Waals surface area contributed by atoms with Gasteiger partial charge in [0.2, 0.25) is 0 Å². The van der Waals surface area contributed by atoms with Gasteiger partial charge >= 0.3 is 5.63 Å². The highest BCUT2D eigenvalue weighted by Gasteiger charge is 2.42. The van der Waals surface area contributed by atoms with Crippen LogP contribution in [0.3, 0.4) is 0 Å². The third-order valence-electron chi connectivity index (χ3n) is 10.3. The van der Waals surface area contributed by atoms with Crippen LogP contribution >= 0.6 is 0 Å². The maximum absolute atomic E-state index is 13.8. The number of hydrogen-bond donors (Lipinski definition) is 0. The lowest BCUT2D eigenvalue weighted by Gasteiger charge is -2.49. The molecule has 4 aromatic carbocycles. The summed E-state index contributed by atoms with van der Waals surface area (Å²) in [7, 11) is 0. The molecule has 5 aromatic rings. The van der Waals surface area contributed by atoms with Crippen LogP contribution in [-0.2, 0) is 22.0 Å². The molecule has 214 valence electrons. The number of carbonyl (C=O) groups excluding carboxylic acids is 1. The Hall–Kier alpha value is -4.44. The number of ketones is 1. The first-order valence-corrected chi connectivity index (χ1v) is 15.4. The van der Waals surface area contributed by atoms with E-state index in [1.165, 1.54) is 27.9 Å². The number of fused-ring (bicyclic) bond motifs is 5. The quantitative estimate of drug-likeness (QED) is 0.159. The molecule has 0 spiro atoms. The van der Waals surface area contributed by atoms with Crippen molar-refractivity contribution < 1.29 is 9.21 Å². The summed E-state index contributed by atoms with van der Waals surface area (Å²) in [5.74, 6) is 0.149. The lowest BCUT2D eigenvalue weighted by Crippen LogP contribution is -2.45. The normalized spacial score (nSPS) is 18.4. The average Bonchev–Trinajstić information content (AvgIpc) is 2.99. The third kappa shape index (κ3) is 3.96. The summed E-state index contributed by atoms with van der Waals surface area (Å²) in [6.45, 7) is 11.6. The Bertz CT molecular complexity index is 2090. The standard InChI is InChI=1S/C39H35NO3/c1-38(2)15-17-40-18-16-39(3,4)35-29-22-33(41)28(19-26(29)20-32(38)36(35)40)24-9-11-25(12-10-24)30-21-31-27-8-6-5-7-23(27)13-14-34(31)43-37(30)42/h5-14,19-21H,15-18,22H2,1-4H3. The van der Waals surface area contributed by atoms with Crippen LogP contribution in [0.5, 0.6) is 0 Å². The summed E-state index contributed by atoms with van der Waals surface area (Å²) in [6.07, 6.45) is 4.77. The molecule has 1 aliphatic carbocycles. The van der Waals surface area contributed by atoms with E-state index in [0.717, 1.165) is 58.8 Å². The van der Waals surface area contributed by atoms with Gasteiger partial charge in [-0.05, 0) is 92.1 Å². The average molecular weight is 566 g/mol. The van der Waals surface area contributed by atoms with Gasteiger partial charge in [-0.15, -0.1) is 0 Å². The SMILES string of the molecule is CC1(C)CCN2CCC(C)(C)c3c4c(cc1c32)C=C(c1ccc(-c2cc3c(ccc5ccccc53)oc2=O)cc1)C(=O)C4. The smallest absolute Gasteiger partial charge is 0.344 e. The van der Waals surface area contributed by atoms with Crippen molar-refractivity contribution in [3.8, 4) is 11.1 Å². The topological polar surface area (TPSA) is 50.5 Å². The van der Waals surface area contributed by atoms with Gasteiger partial charge in [0.1, 0.15) is 5.58 Å². The predicted octanol–water partition coefficient (Wildman–Crippen LogP) is 8.45. The number of allylic oxidation sites excluding steroid dienone is 1. The number of hydrogen-bond acceptors (Lipinski definition) is 4. The van der Waals surface area contributed by atoms with Crippen molar-refractivity contribution in [2.75, 3.05) is 18.0 Å². The predicted molar refractivity (Wildman–Crippen MR) is 176 cm³/mol. The summed E-state index contributed by atoms with van der Waals surface area (Å²) in [6, 6.07) is 24.0. The van der Waals surface area contributed by atoms with E-state index in [1.54, 1.807) is 0 Å². The van der Waals surface area contributed by atoms with Crippen LogP contribution in [0.25, 0.3) is 44.5 Å². The number of benzene rings is 4. The Kier molecular flexibility index (Phi) is 5.50. The van der Waals surface area contributed by atoms with Crippen molar-refractivity contribution in [3.63, 3.8) is 0 Å². The van der Waals surface area contributed by atoms with E-state index in [-0.39, 0.29) is 22.2 Å². The zero-order valence-corrected chi connectivity index (χ0v) is 25.2. The largest absolute Gasteiger partial charge is 0.422 e. The van der Waals surface area contributed by atoms with Gasteiger partial charge in [-0.1, -0.05) is 82.3 Å². The molecule has 0 N–H and O–H groups in total. The molecule has 0 bridgehead atoms. The van der Waals surface area contributed by atoms with Gasteiger partial charge in [-0.2, -0.15) is 0 Å². The Labute approximate surface area is 251 Å². The fourth-order valence-corrected chi connectivity index (χ4v) is 7.69. The lowest BCUT2D eigenvalue weighted by atomic mass is 9.66. The van der Waals surface area contributed by atoms with Crippen LogP contribution in [0.15, 0.2) is 82.0 Å². The van der Waals surface area contributed by atoms with Gasteiger partial charge in [0, 0.05) is 36.2 Å². The summed E-state index contributed by atoms with van der Waals surface area (Å²) in [5.41, 5.74) is 9.81. The second-order valence-corrected chi connectivity index (χ2v) is 13.9. The monoisotopic (exact) mass is 565 g/mol. The Balaban J connectivity index is 1.23. The molecule has 43 heavy (non-hydrogen) atoms. The summed E-state index contributed by atoms with van der Waals surface area (Å²) < 4.78 is 5.75. The van der Waals surface area contributed by atoms with Crippen molar-refractivity contribution >= 4 is 44.9 Å². The molecule has 3 heterocycles. The van der Waals surface area contributed by atoms with Crippen LogP contribution in [-0.4, -0.2) is 18.9 Å². The van der Waals surface area contributed by atoms with Crippen LogP contribution in [0.1, 0.15) is 68.4 Å². The Morgan fingerprint density at radius 1 is 0.767 bits per heavy atom. The number of rotatable bonds is 2. The van der Waals surface area contributed by atoms with E-state index in [9.17, 15) is 9.59 Å². The van der Waals surface area contributed by atoms with E-state index < -0.39 is 0 Å². The van der Waals surface area contributed by atoms with Gasteiger partial charge in [0.25, 0.3) is 0 Å². The molecule has 0 radical (unpaired) electrons. The highest BCUT2D eigenvalue weighted by Crippen LogP contribution is 2.52. The number of Topliss-reactive ketones (excluding diaryl/α,β-unsaturated/α-hetero) is 1. The van der Waals surface area contributed by atoms with E-state index in [1.807, 2.05) is 54.6 Å². The molecule has 0 saturated carbocycles. The van der Waals surface area contributed by atoms with E-state index in [2.05, 4.69) is 56.9 Å². The van der Waals surface area contributed by atoms with Crippen molar-refractivity contribution in [1.82, 2.24) is 0 Å². The van der Waals surface area contributed by atoms with Crippen molar-refractivity contribution in [2.45, 2.75) is 57.8 Å². The zero-order chi connectivity index (χ0) is 29.7. The highest BCUT2D eigenvalue weighted by molar-refractivity contribution is 6.28. The fraction of sp³-hybridized carbons (Fsp3) is 0.282. The molecule has 4 nitrogen and oxygen atoms in total. The van der Waals surface area contributed by atoms with Crippen LogP contribution < -0.4 is 10.5 Å². The van der Waals surface area contributed by atoms with E-state index in [4.69, 9.17) is 4.42 Å². The van der Waals surface area contributed by atoms with Crippen molar-refractivity contribution in [1.29, 1.82) is 0 Å². The van der Waals surface area contributed by atoms with E-state index in [0.29, 0.717) is 17.6 Å².